The monoisotopic (exact) mass is 310 g/mol. The molecule has 0 aliphatic carbocycles. The van der Waals surface area contributed by atoms with Gasteiger partial charge in [0.25, 0.3) is 5.91 Å². The Morgan fingerprint density at radius 1 is 1.22 bits per heavy atom. The van der Waals surface area contributed by atoms with E-state index in [9.17, 15) is 9.59 Å². The van der Waals surface area contributed by atoms with Crippen molar-refractivity contribution in [2.45, 2.75) is 13.8 Å². The standard InChI is InChI=1S/C16H14N4O3/c1-9-6-14(21)17-8-13(9)15(22)18-12-5-3-4-11(7-12)16-20-19-10(2)23-16/h3-8H,1-2H3,(H,17,21)(H,18,22). The van der Waals surface area contributed by atoms with Crippen molar-refractivity contribution in [3.63, 3.8) is 0 Å². The predicted octanol–water partition coefficient (Wildman–Crippen LogP) is 2.29. The maximum atomic E-state index is 12.3. The number of hydrogen-bond donors (Lipinski definition) is 2. The first kappa shape index (κ1) is 14.7. The number of aromatic nitrogens is 3. The lowest BCUT2D eigenvalue weighted by molar-refractivity contribution is 0.102. The number of nitrogens with one attached hydrogen (secondary N) is 2. The van der Waals surface area contributed by atoms with Gasteiger partial charge in [0.1, 0.15) is 0 Å². The van der Waals surface area contributed by atoms with Crippen molar-refractivity contribution in [1.29, 1.82) is 0 Å². The van der Waals surface area contributed by atoms with E-state index in [-0.39, 0.29) is 11.5 Å². The summed E-state index contributed by atoms with van der Waals surface area (Å²) in [7, 11) is 0. The summed E-state index contributed by atoms with van der Waals surface area (Å²) < 4.78 is 5.37. The number of pyridine rings is 1. The van der Waals surface area contributed by atoms with Gasteiger partial charge in [-0.15, -0.1) is 10.2 Å². The summed E-state index contributed by atoms with van der Waals surface area (Å²) in [5.74, 6) is 0.551. The highest BCUT2D eigenvalue weighted by atomic mass is 16.4. The van der Waals surface area contributed by atoms with E-state index in [4.69, 9.17) is 4.42 Å². The molecule has 0 aliphatic rings. The van der Waals surface area contributed by atoms with E-state index in [1.807, 2.05) is 6.07 Å². The fraction of sp³-hybridized carbons (Fsp3) is 0.125. The normalized spacial score (nSPS) is 10.5. The molecule has 0 saturated carbocycles. The second-order valence-corrected chi connectivity index (χ2v) is 5.06. The molecule has 0 bridgehead atoms. The minimum Gasteiger partial charge on any atom is -0.421 e. The van der Waals surface area contributed by atoms with Crippen LogP contribution in [0, 0.1) is 13.8 Å². The Morgan fingerprint density at radius 2 is 2.04 bits per heavy atom. The Kier molecular flexibility index (Phi) is 3.76. The van der Waals surface area contributed by atoms with Crippen molar-refractivity contribution < 1.29 is 9.21 Å². The van der Waals surface area contributed by atoms with E-state index in [1.165, 1.54) is 12.3 Å². The summed E-state index contributed by atoms with van der Waals surface area (Å²) in [6.45, 7) is 3.42. The molecule has 23 heavy (non-hydrogen) atoms. The van der Waals surface area contributed by atoms with Gasteiger partial charge in [0, 0.05) is 30.4 Å². The van der Waals surface area contributed by atoms with Gasteiger partial charge in [0.05, 0.1) is 5.56 Å². The Bertz CT molecular complexity index is 927. The molecule has 0 radical (unpaired) electrons. The summed E-state index contributed by atoms with van der Waals surface area (Å²) in [5, 5.41) is 10.5. The Balaban J connectivity index is 1.85. The van der Waals surface area contributed by atoms with Gasteiger partial charge in [0.15, 0.2) is 0 Å². The third kappa shape index (κ3) is 3.18. The molecule has 1 amide bonds. The van der Waals surface area contributed by atoms with Crippen LogP contribution >= 0.6 is 0 Å². The molecule has 0 aliphatic heterocycles. The molecule has 0 unspecified atom stereocenters. The summed E-state index contributed by atoms with van der Waals surface area (Å²) in [6, 6.07) is 8.47. The van der Waals surface area contributed by atoms with Crippen molar-refractivity contribution >= 4 is 11.6 Å². The number of benzene rings is 1. The van der Waals surface area contributed by atoms with Crippen molar-refractivity contribution in [1.82, 2.24) is 15.2 Å². The fourth-order valence-electron chi connectivity index (χ4n) is 2.16. The Hall–Kier alpha value is -3.22. The van der Waals surface area contributed by atoms with Crippen LogP contribution in [0.4, 0.5) is 5.69 Å². The van der Waals surface area contributed by atoms with Gasteiger partial charge in [-0.2, -0.15) is 0 Å². The van der Waals surface area contributed by atoms with E-state index in [0.29, 0.717) is 34.2 Å². The Morgan fingerprint density at radius 3 is 2.74 bits per heavy atom. The summed E-state index contributed by atoms with van der Waals surface area (Å²) in [5.41, 5.74) is 2.07. The molecule has 0 spiro atoms. The van der Waals surface area contributed by atoms with Gasteiger partial charge < -0.3 is 14.7 Å². The van der Waals surface area contributed by atoms with Crippen LogP contribution in [0.2, 0.25) is 0 Å². The highest BCUT2D eigenvalue weighted by Gasteiger charge is 2.11. The molecule has 7 nitrogen and oxygen atoms in total. The summed E-state index contributed by atoms with van der Waals surface area (Å²) >= 11 is 0. The number of nitrogens with zero attached hydrogens (tertiary/aromatic N) is 2. The van der Waals surface area contributed by atoms with E-state index < -0.39 is 0 Å². The zero-order chi connectivity index (χ0) is 16.4. The highest BCUT2D eigenvalue weighted by Crippen LogP contribution is 2.21. The topological polar surface area (TPSA) is 101 Å². The number of carbonyl (C=O) groups is 1. The Labute approximate surface area is 131 Å². The largest absolute Gasteiger partial charge is 0.421 e. The molecule has 3 rings (SSSR count). The molecule has 2 heterocycles. The van der Waals surface area contributed by atoms with Crippen LogP contribution in [0.15, 0.2) is 45.7 Å². The van der Waals surface area contributed by atoms with Crippen LogP contribution in [-0.2, 0) is 0 Å². The number of amides is 1. The smallest absolute Gasteiger partial charge is 0.257 e. The SMILES string of the molecule is Cc1nnc(-c2cccc(NC(=O)c3c[nH]c(=O)cc3C)c2)o1. The van der Waals surface area contributed by atoms with Gasteiger partial charge in [-0.3, -0.25) is 9.59 Å². The quantitative estimate of drug-likeness (QED) is 0.773. The zero-order valence-corrected chi connectivity index (χ0v) is 12.6. The number of anilines is 1. The lowest BCUT2D eigenvalue weighted by atomic mass is 10.1. The van der Waals surface area contributed by atoms with Crippen LogP contribution < -0.4 is 10.9 Å². The molecule has 1 aromatic carbocycles. The maximum Gasteiger partial charge on any atom is 0.257 e. The van der Waals surface area contributed by atoms with Crippen molar-refractivity contribution in [2.24, 2.45) is 0 Å². The average Bonchev–Trinajstić information content (AvgIpc) is 2.94. The molecule has 0 fully saturated rings. The minimum absolute atomic E-state index is 0.243. The molecular formula is C16H14N4O3. The van der Waals surface area contributed by atoms with Gasteiger partial charge in [-0.05, 0) is 30.7 Å². The summed E-state index contributed by atoms with van der Waals surface area (Å²) in [6.07, 6.45) is 1.40. The molecule has 2 aromatic heterocycles. The van der Waals surface area contributed by atoms with Gasteiger partial charge >= 0.3 is 0 Å². The third-order valence-electron chi connectivity index (χ3n) is 3.27. The first-order chi connectivity index (χ1) is 11.0. The molecule has 0 atom stereocenters. The predicted molar refractivity (Wildman–Crippen MR) is 84.2 cm³/mol. The van der Waals surface area contributed by atoms with E-state index >= 15 is 0 Å². The summed E-state index contributed by atoms with van der Waals surface area (Å²) in [4.78, 5) is 26.0. The number of hydrogen-bond acceptors (Lipinski definition) is 5. The van der Waals surface area contributed by atoms with Crippen LogP contribution in [-0.4, -0.2) is 21.1 Å². The number of rotatable bonds is 3. The van der Waals surface area contributed by atoms with E-state index in [0.717, 1.165) is 0 Å². The highest BCUT2D eigenvalue weighted by molar-refractivity contribution is 6.05. The average molecular weight is 310 g/mol. The molecule has 116 valence electrons. The van der Waals surface area contributed by atoms with Crippen LogP contribution in [0.3, 0.4) is 0 Å². The van der Waals surface area contributed by atoms with Crippen molar-refractivity contribution in [3.05, 3.63) is 63.9 Å². The number of carbonyl (C=O) groups excluding carboxylic acids is 1. The lowest BCUT2D eigenvalue weighted by Crippen LogP contribution is -2.16. The molecule has 3 aromatic rings. The zero-order valence-electron chi connectivity index (χ0n) is 12.6. The lowest BCUT2D eigenvalue weighted by Gasteiger charge is -2.08. The third-order valence-corrected chi connectivity index (χ3v) is 3.27. The number of aryl methyl sites for hydroxylation is 2. The van der Waals surface area contributed by atoms with Crippen molar-refractivity contribution in [2.75, 3.05) is 5.32 Å². The van der Waals surface area contributed by atoms with E-state index in [1.54, 1.807) is 32.0 Å². The molecule has 7 heteroatoms. The molecular weight excluding hydrogens is 296 g/mol. The fourth-order valence-corrected chi connectivity index (χ4v) is 2.16. The molecule has 2 N–H and O–H groups in total. The van der Waals surface area contributed by atoms with Crippen LogP contribution in [0.25, 0.3) is 11.5 Å². The number of aromatic amines is 1. The first-order valence-electron chi connectivity index (χ1n) is 6.94. The second-order valence-electron chi connectivity index (χ2n) is 5.06. The minimum atomic E-state index is -0.308. The van der Waals surface area contributed by atoms with Crippen LogP contribution in [0.1, 0.15) is 21.8 Å². The number of H-pyrrole nitrogens is 1. The van der Waals surface area contributed by atoms with Crippen molar-refractivity contribution in [3.8, 4) is 11.5 Å². The van der Waals surface area contributed by atoms with E-state index in [2.05, 4.69) is 20.5 Å². The van der Waals surface area contributed by atoms with Gasteiger partial charge in [0.2, 0.25) is 17.3 Å². The first-order valence-corrected chi connectivity index (χ1v) is 6.94. The van der Waals surface area contributed by atoms with Gasteiger partial charge in [-0.25, -0.2) is 0 Å². The molecule has 0 saturated heterocycles. The van der Waals surface area contributed by atoms with Crippen LogP contribution in [0.5, 0.6) is 0 Å². The maximum absolute atomic E-state index is 12.3. The second kappa shape index (κ2) is 5.88. The van der Waals surface area contributed by atoms with Gasteiger partial charge in [-0.1, -0.05) is 6.07 Å².